The zero-order chi connectivity index (χ0) is 26.9. The zero-order valence-corrected chi connectivity index (χ0v) is 21.9. The van der Waals surface area contributed by atoms with Crippen LogP contribution in [-0.2, 0) is 6.42 Å². The predicted molar refractivity (Wildman–Crippen MR) is 156 cm³/mol. The maximum Gasteiger partial charge on any atom is 0.163 e. The van der Waals surface area contributed by atoms with Crippen molar-refractivity contribution < 1.29 is 0 Å². The highest BCUT2D eigenvalue weighted by atomic mass is 15.1. The van der Waals surface area contributed by atoms with Crippen molar-refractivity contribution in [2.45, 2.75) is 20.3 Å². The number of benzene rings is 4. The molecule has 0 saturated carbocycles. The maximum atomic E-state index is 4.81. The van der Waals surface area contributed by atoms with Gasteiger partial charge in [-0.25, -0.2) is 29.9 Å². The lowest BCUT2D eigenvalue weighted by molar-refractivity contribution is 0.860. The molecule has 0 aliphatic heterocycles. The van der Waals surface area contributed by atoms with E-state index in [4.69, 9.17) is 29.9 Å². The molecular formula is C33H28N6. The third-order valence-electron chi connectivity index (χ3n) is 5.81. The van der Waals surface area contributed by atoms with Crippen molar-refractivity contribution in [2.24, 2.45) is 0 Å². The Balaban J connectivity index is 0.00000151. The fourth-order valence-electron chi connectivity index (χ4n) is 4.00. The van der Waals surface area contributed by atoms with E-state index in [1.54, 1.807) is 0 Å². The molecule has 0 N–H and O–H groups in total. The van der Waals surface area contributed by atoms with Gasteiger partial charge in [-0.1, -0.05) is 135 Å². The molecule has 0 aliphatic carbocycles. The molecule has 6 rings (SSSR count). The molecule has 0 amide bonds. The van der Waals surface area contributed by atoms with Gasteiger partial charge in [0, 0.05) is 22.3 Å². The van der Waals surface area contributed by atoms with Crippen molar-refractivity contribution in [3.05, 3.63) is 133 Å². The zero-order valence-electron chi connectivity index (χ0n) is 21.9. The van der Waals surface area contributed by atoms with E-state index < -0.39 is 0 Å². The molecular weight excluding hydrogens is 480 g/mol. The summed E-state index contributed by atoms with van der Waals surface area (Å²) in [7, 11) is 0. The minimum absolute atomic E-state index is 0.338. The van der Waals surface area contributed by atoms with Crippen LogP contribution in [0.4, 0.5) is 0 Å². The van der Waals surface area contributed by atoms with Crippen LogP contribution in [0, 0.1) is 0 Å². The third-order valence-corrected chi connectivity index (χ3v) is 5.81. The van der Waals surface area contributed by atoms with E-state index in [1.807, 2.05) is 135 Å². The topological polar surface area (TPSA) is 77.3 Å². The van der Waals surface area contributed by atoms with Gasteiger partial charge < -0.3 is 0 Å². The minimum Gasteiger partial charge on any atom is -0.213 e. The molecule has 2 aromatic heterocycles. The maximum absolute atomic E-state index is 4.81. The van der Waals surface area contributed by atoms with Gasteiger partial charge in [0.1, 0.15) is 11.6 Å². The summed E-state index contributed by atoms with van der Waals surface area (Å²) in [5.74, 6) is 3.65. The van der Waals surface area contributed by atoms with Gasteiger partial charge in [0.25, 0.3) is 0 Å². The van der Waals surface area contributed by atoms with Gasteiger partial charge in [-0.3, -0.25) is 0 Å². The van der Waals surface area contributed by atoms with Gasteiger partial charge in [-0.05, 0) is 0 Å². The monoisotopic (exact) mass is 508 g/mol. The second kappa shape index (κ2) is 12.4. The van der Waals surface area contributed by atoms with Crippen LogP contribution in [-0.4, -0.2) is 29.9 Å². The van der Waals surface area contributed by atoms with Crippen LogP contribution in [0.5, 0.6) is 0 Å². The van der Waals surface area contributed by atoms with E-state index in [0.717, 1.165) is 22.3 Å². The molecule has 6 aromatic rings. The molecule has 2 heterocycles. The van der Waals surface area contributed by atoms with E-state index in [9.17, 15) is 0 Å². The number of hydrogen-bond acceptors (Lipinski definition) is 6. The smallest absolute Gasteiger partial charge is 0.163 e. The van der Waals surface area contributed by atoms with Crippen molar-refractivity contribution in [1.82, 2.24) is 29.9 Å². The quantitative estimate of drug-likeness (QED) is 0.234. The van der Waals surface area contributed by atoms with Gasteiger partial charge in [0.15, 0.2) is 23.3 Å². The van der Waals surface area contributed by atoms with Crippen molar-refractivity contribution in [3.63, 3.8) is 0 Å². The number of hydrogen-bond donors (Lipinski definition) is 0. The molecule has 0 unspecified atom stereocenters. The molecule has 6 heteroatoms. The summed E-state index contributed by atoms with van der Waals surface area (Å²) in [4.78, 5) is 28.8. The Morgan fingerprint density at radius 1 is 0.333 bits per heavy atom. The lowest BCUT2D eigenvalue weighted by Crippen LogP contribution is -2.08. The van der Waals surface area contributed by atoms with Crippen molar-refractivity contribution in [3.8, 4) is 45.6 Å². The van der Waals surface area contributed by atoms with Crippen LogP contribution in [0.1, 0.15) is 25.5 Å². The van der Waals surface area contributed by atoms with Crippen molar-refractivity contribution >= 4 is 0 Å². The largest absolute Gasteiger partial charge is 0.213 e. The molecule has 0 radical (unpaired) electrons. The number of rotatable bonds is 6. The minimum atomic E-state index is 0.338. The van der Waals surface area contributed by atoms with E-state index in [0.29, 0.717) is 41.4 Å². The molecule has 190 valence electrons. The van der Waals surface area contributed by atoms with Crippen molar-refractivity contribution in [2.75, 3.05) is 0 Å². The second-order valence-electron chi connectivity index (χ2n) is 8.44. The fraction of sp³-hybridized carbons (Fsp3) is 0.0909. The Morgan fingerprint density at radius 2 is 0.564 bits per heavy atom. The average molecular weight is 509 g/mol. The molecule has 0 bridgehead atoms. The SMILES string of the molecule is CC.c1ccc(-c2nc(Cc3nc(-c4ccccc4)nc(-c4ccccc4)n3)nc(-c3ccccc3)n2)cc1. The van der Waals surface area contributed by atoms with Crippen LogP contribution in [0.25, 0.3) is 45.6 Å². The highest BCUT2D eigenvalue weighted by molar-refractivity contribution is 5.62. The summed E-state index contributed by atoms with van der Waals surface area (Å²) in [6, 6.07) is 39.7. The van der Waals surface area contributed by atoms with Crippen LogP contribution in [0.2, 0.25) is 0 Å². The van der Waals surface area contributed by atoms with Crippen LogP contribution >= 0.6 is 0 Å². The summed E-state index contributed by atoms with van der Waals surface area (Å²) < 4.78 is 0. The first-order chi connectivity index (χ1) is 19.3. The molecule has 0 aliphatic rings. The second-order valence-corrected chi connectivity index (χ2v) is 8.44. The normalized spacial score (nSPS) is 10.4. The number of aromatic nitrogens is 6. The molecule has 4 aromatic carbocycles. The van der Waals surface area contributed by atoms with E-state index in [2.05, 4.69) is 0 Å². The lowest BCUT2D eigenvalue weighted by Gasteiger charge is -2.10. The highest BCUT2D eigenvalue weighted by Gasteiger charge is 2.15. The summed E-state index contributed by atoms with van der Waals surface area (Å²) in [5.41, 5.74) is 3.70. The Labute approximate surface area is 228 Å². The van der Waals surface area contributed by atoms with Gasteiger partial charge in [0.2, 0.25) is 0 Å². The van der Waals surface area contributed by atoms with Crippen LogP contribution < -0.4 is 0 Å². The average Bonchev–Trinajstić information content (AvgIpc) is 3.03. The summed E-state index contributed by atoms with van der Waals surface area (Å²) in [6.45, 7) is 4.00. The van der Waals surface area contributed by atoms with Crippen LogP contribution in [0.15, 0.2) is 121 Å². The van der Waals surface area contributed by atoms with Gasteiger partial charge in [-0.2, -0.15) is 0 Å². The summed E-state index contributed by atoms with van der Waals surface area (Å²) in [6.07, 6.45) is 0.338. The molecule has 0 saturated heterocycles. The lowest BCUT2D eigenvalue weighted by atomic mass is 10.1. The van der Waals surface area contributed by atoms with Gasteiger partial charge >= 0.3 is 0 Å². The Kier molecular flexibility index (Phi) is 8.14. The predicted octanol–water partition coefficient (Wildman–Crippen LogP) is 7.34. The van der Waals surface area contributed by atoms with E-state index >= 15 is 0 Å². The van der Waals surface area contributed by atoms with Gasteiger partial charge in [0.05, 0.1) is 6.42 Å². The van der Waals surface area contributed by atoms with E-state index in [1.165, 1.54) is 0 Å². The first kappa shape index (κ1) is 25.5. The fourth-order valence-corrected chi connectivity index (χ4v) is 4.00. The Hall–Kier alpha value is -5.10. The molecule has 0 fully saturated rings. The first-order valence-corrected chi connectivity index (χ1v) is 13.0. The third kappa shape index (κ3) is 6.25. The number of nitrogens with zero attached hydrogens (tertiary/aromatic N) is 6. The molecule has 0 spiro atoms. The standard InChI is InChI=1S/C31H22N6.C2H6/c1-5-13-22(14-6-1)28-32-26(33-29(36-28)23-15-7-2-8-16-23)21-27-34-30(24-17-9-3-10-18-24)37-31(35-27)25-19-11-4-12-20-25;1-2/h1-20H,21H2;1-2H3. The summed E-state index contributed by atoms with van der Waals surface area (Å²) in [5, 5.41) is 0. The Bertz CT molecular complexity index is 1380. The molecule has 39 heavy (non-hydrogen) atoms. The van der Waals surface area contributed by atoms with Gasteiger partial charge in [-0.15, -0.1) is 0 Å². The van der Waals surface area contributed by atoms with Crippen LogP contribution in [0.3, 0.4) is 0 Å². The Morgan fingerprint density at radius 3 is 0.795 bits per heavy atom. The van der Waals surface area contributed by atoms with Crippen molar-refractivity contribution in [1.29, 1.82) is 0 Å². The highest BCUT2D eigenvalue weighted by Crippen LogP contribution is 2.23. The molecule has 6 nitrogen and oxygen atoms in total. The summed E-state index contributed by atoms with van der Waals surface area (Å²) >= 11 is 0. The van der Waals surface area contributed by atoms with E-state index in [-0.39, 0.29) is 0 Å². The molecule has 0 atom stereocenters. The first-order valence-electron chi connectivity index (χ1n) is 13.0.